The lowest BCUT2D eigenvalue weighted by atomic mass is 9.85. The molecule has 1 amide bonds. The van der Waals surface area contributed by atoms with Gasteiger partial charge in [-0.2, -0.15) is 10.2 Å². The van der Waals surface area contributed by atoms with E-state index in [0.29, 0.717) is 55.2 Å². The molecular formula is C23H26ClFN8O2. The van der Waals surface area contributed by atoms with Gasteiger partial charge in [0.15, 0.2) is 5.65 Å². The fourth-order valence-electron chi connectivity index (χ4n) is 4.34. The SMILES string of the molecule is CC[C@@H](CO)Nc1ncc2nc(Nc3c(F)cc(C#N)cc3Cl)n([C@H]3CC[C@H](C(N)=O)CC3)c2n1. The van der Waals surface area contributed by atoms with E-state index < -0.39 is 5.82 Å². The number of benzene rings is 1. The number of amides is 1. The van der Waals surface area contributed by atoms with Crippen molar-refractivity contribution in [3.8, 4) is 6.07 Å². The smallest absolute Gasteiger partial charge is 0.225 e. The molecule has 4 rings (SSSR count). The first-order valence-electron chi connectivity index (χ1n) is 11.4. The molecule has 1 aromatic carbocycles. The second kappa shape index (κ2) is 10.4. The van der Waals surface area contributed by atoms with Crippen LogP contribution in [0.4, 0.5) is 22.0 Å². The lowest BCUT2D eigenvalue weighted by Gasteiger charge is -2.29. The fourth-order valence-corrected chi connectivity index (χ4v) is 4.60. The molecule has 0 radical (unpaired) electrons. The number of carbonyl (C=O) groups is 1. The van der Waals surface area contributed by atoms with Crippen LogP contribution in [0.1, 0.15) is 50.6 Å². The van der Waals surface area contributed by atoms with Gasteiger partial charge in [-0.05, 0) is 44.2 Å². The number of rotatable bonds is 8. The van der Waals surface area contributed by atoms with Crippen LogP contribution in [-0.2, 0) is 4.79 Å². The number of aliphatic hydroxyl groups is 1. The molecule has 184 valence electrons. The molecule has 0 spiro atoms. The molecule has 0 aliphatic heterocycles. The zero-order valence-electron chi connectivity index (χ0n) is 19.1. The number of nitrogens with zero attached hydrogens (tertiary/aromatic N) is 5. The fraction of sp³-hybridized carbons (Fsp3) is 0.435. The maximum absolute atomic E-state index is 14.8. The summed E-state index contributed by atoms with van der Waals surface area (Å²) in [7, 11) is 0. The highest BCUT2D eigenvalue weighted by Crippen LogP contribution is 2.38. The van der Waals surface area contributed by atoms with Gasteiger partial charge in [0, 0.05) is 12.0 Å². The van der Waals surface area contributed by atoms with Crippen molar-refractivity contribution >= 4 is 46.3 Å². The number of nitrogens with two attached hydrogens (primary N) is 1. The van der Waals surface area contributed by atoms with Crippen molar-refractivity contribution in [2.75, 3.05) is 17.2 Å². The van der Waals surface area contributed by atoms with Crippen molar-refractivity contribution in [1.82, 2.24) is 19.5 Å². The third-order valence-corrected chi connectivity index (χ3v) is 6.65. The van der Waals surface area contributed by atoms with Gasteiger partial charge in [0.2, 0.25) is 17.8 Å². The molecule has 1 fully saturated rings. The Morgan fingerprint density at radius 2 is 2.11 bits per heavy atom. The van der Waals surface area contributed by atoms with Crippen molar-refractivity contribution in [3.05, 3.63) is 34.7 Å². The summed E-state index contributed by atoms with van der Waals surface area (Å²) >= 11 is 6.26. The molecule has 2 heterocycles. The Morgan fingerprint density at radius 1 is 1.37 bits per heavy atom. The Morgan fingerprint density at radius 3 is 2.71 bits per heavy atom. The van der Waals surface area contributed by atoms with Crippen LogP contribution in [0.25, 0.3) is 11.2 Å². The highest BCUT2D eigenvalue weighted by atomic mass is 35.5. The molecule has 0 saturated heterocycles. The number of hydrogen-bond acceptors (Lipinski definition) is 8. The Balaban J connectivity index is 1.77. The van der Waals surface area contributed by atoms with Gasteiger partial charge in [0.25, 0.3) is 0 Å². The van der Waals surface area contributed by atoms with Crippen LogP contribution in [0.2, 0.25) is 5.02 Å². The maximum Gasteiger partial charge on any atom is 0.225 e. The largest absolute Gasteiger partial charge is 0.394 e. The molecule has 1 atom stereocenters. The number of nitrogens with one attached hydrogen (secondary N) is 2. The normalized spacial score (nSPS) is 18.7. The van der Waals surface area contributed by atoms with E-state index in [9.17, 15) is 14.3 Å². The predicted molar refractivity (Wildman–Crippen MR) is 130 cm³/mol. The topological polar surface area (TPSA) is 155 Å². The van der Waals surface area contributed by atoms with Crippen LogP contribution in [0.5, 0.6) is 0 Å². The van der Waals surface area contributed by atoms with E-state index >= 15 is 0 Å². The predicted octanol–water partition coefficient (Wildman–Crippen LogP) is 3.63. The number of carbonyl (C=O) groups excluding carboxylic acids is 1. The number of fused-ring (bicyclic) bond motifs is 1. The number of nitriles is 1. The van der Waals surface area contributed by atoms with Crippen LogP contribution in [0, 0.1) is 23.1 Å². The van der Waals surface area contributed by atoms with Gasteiger partial charge in [0.05, 0.1) is 41.2 Å². The van der Waals surface area contributed by atoms with Gasteiger partial charge in [-0.1, -0.05) is 18.5 Å². The van der Waals surface area contributed by atoms with Crippen LogP contribution in [0.15, 0.2) is 18.3 Å². The van der Waals surface area contributed by atoms with Gasteiger partial charge in [0.1, 0.15) is 11.3 Å². The number of imidazole rings is 1. The summed E-state index contributed by atoms with van der Waals surface area (Å²) in [4.78, 5) is 25.2. The van der Waals surface area contributed by atoms with Gasteiger partial charge in [-0.25, -0.2) is 14.4 Å². The monoisotopic (exact) mass is 500 g/mol. The average molecular weight is 501 g/mol. The first-order valence-corrected chi connectivity index (χ1v) is 11.8. The molecule has 10 nitrogen and oxygen atoms in total. The molecule has 1 aliphatic carbocycles. The lowest BCUT2D eigenvalue weighted by Crippen LogP contribution is -2.29. The minimum absolute atomic E-state index is 0.00863. The number of primary amides is 1. The molecule has 3 aromatic rings. The Bertz CT molecular complexity index is 1260. The second-order valence-electron chi connectivity index (χ2n) is 8.60. The number of aromatic nitrogens is 4. The van der Waals surface area contributed by atoms with Crippen LogP contribution in [0.3, 0.4) is 0 Å². The summed E-state index contributed by atoms with van der Waals surface area (Å²) in [6, 6.07) is 4.06. The van der Waals surface area contributed by atoms with Crippen LogP contribution < -0.4 is 16.4 Å². The molecule has 1 aliphatic rings. The first-order chi connectivity index (χ1) is 16.8. The van der Waals surface area contributed by atoms with E-state index in [1.165, 1.54) is 6.07 Å². The Labute approximate surface area is 206 Å². The molecule has 35 heavy (non-hydrogen) atoms. The summed E-state index contributed by atoms with van der Waals surface area (Å²) in [5, 5.41) is 24.7. The standard InChI is InChI=1S/C23H26ClFN8O2/c1-2-14(11-34)29-22-28-10-18-21(32-22)33(15-5-3-13(4-6-15)20(27)35)23(30-18)31-19-16(24)7-12(9-26)8-17(19)25/h7-8,10,13-15,34H,2-6,11H2,1H3,(H2,27,35)(H,30,31)(H,28,29,32)/t13-,14-,15-/m0/s1. The van der Waals surface area contributed by atoms with E-state index in [-0.39, 0.29) is 46.8 Å². The van der Waals surface area contributed by atoms with Crippen LogP contribution in [-0.4, -0.2) is 43.2 Å². The lowest BCUT2D eigenvalue weighted by molar-refractivity contribution is -0.122. The molecule has 5 N–H and O–H groups in total. The van der Waals surface area contributed by atoms with Crippen LogP contribution >= 0.6 is 11.6 Å². The molecule has 2 aromatic heterocycles. The van der Waals surface area contributed by atoms with E-state index in [1.54, 1.807) is 6.20 Å². The van der Waals surface area contributed by atoms with Gasteiger partial charge < -0.3 is 21.5 Å². The third-order valence-electron chi connectivity index (χ3n) is 6.35. The molecular weight excluding hydrogens is 475 g/mol. The van der Waals surface area contributed by atoms with Crippen molar-refractivity contribution in [1.29, 1.82) is 5.26 Å². The van der Waals surface area contributed by atoms with Crippen molar-refractivity contribution in [2.45, 2.75) is 51.1 Å². The summed E-state index contributed by atoms with van der Waals surface area (Å²) in [6.45, 7) is 1.86. The number of hydrogen-bond donors (Lipinski definition) is 4. The second-order valence-corrected chi connectivity index (χ2v) is 9.01. The van der Waals surface area contributed by atoms with Crippen molar-refractivity contribution in [3.63, 3.8) is 0 Å². The van der Waals surface area contributed by atoms with Gasteiger partial charge in [-0.3, -0.25) is 9.36 Å². The highest BCUT2D eigenvalue weighted by Gasteiger charge is 2.29. The molecule has 12 heteroatoms. The summed E-state index contributed by atoms with van der Waals surface area (Å²) in [6.07, 6.45) is 4.77. The van der Waals surface area contributed by atoms with E-state index in [1.807, 2.05) is 17.6 Å². The van der Waals surface area contributed by atoms with E-state index in [4.69, 9.17) is 22.6 Å². The quantitative estimate of drug-likeness (QED) is 0.365. The Kier molecular flexibility index (Phi) is 7.33. The first kappa shape index (κ1) is 24.6. The summed E-state index contributed by atoms with van der Waals surface area (Å²) < 4.78 is 16.7. The van der Waals surface area contributed by atoms with Gasteiger partial charge in [-0.15, -0.1) is 0 Å². The minimum atomic E-state index is -0.688. The summed E-state index contributed by atoms with van der Waals surface area (Å²) in [5.74, 6) is -0.544. The number of anilines is 3. The van der Waals surface area contributed by atoms with Gasteiger partial charge >= 0.3 is 0 Å². The molecule has 1 saturated carbocycles. The van der Waals surface area contributed by atoms with E-state index in [0.717, 1.165) is 6.07 Å². The van der Waals surface area contributed by atoms with Crippen molar-refractivity contribution in [2.24, 2.45) is 11.7 Å². The minimum Gasteiger partial charge on any atom is -0.394 e. The maximum atomic E-state index is 14.8. The highest BCUT2D eigenvalue weighted by molar-refractivity contribution is 6.33. The molecule has 0 unspecified atom stereocenters. The zero-order valence-corrected chi connectivity index (χ0v) is 19.9. The number of halogens is 2. The average Bonchev–Trinajstić information content (AvgIpc) is 3.21. The van der Waals surface area contributed by atoms with Crippen molar-refractivity contribution < 1.29 is 14.3 Å². The molecule has 0 bridgehead atoms. The number of aliphatic hydroxyl groups excluding tert-OH is 1. The Hall–Kier alpha value is -3.49. The van der Waals surface area contributed by atoms with E-state index in [2.05, 4.69) is 25.6 Å². The zero-order chi connectivity index (χ0) is 25.1. The third kappa shape index (κ3) is 5.13. The summed E-state index contributed by atoms with van der Waals surface area (Å²) in [5.41, 5.74) is 6.60.